The largest absolute Gasteiger partial charge is 0.350 e. The summed E-state index contributed by atoms with van der Waals surface area (Å²) in [6.45, 7) is 0. The number of carbonyl (C=O) groups is 1. The van der Waals surface area contributed by atoms with E-state index in [2.05, 4.69) is 21.2 Å². The summed E-state index contributed by atoms with van der Waals surface area (Å²) in [6.07, 6.45) is 2.72. The normalized spacial score (nSPS) is 17.8. The molecule has 76 valence electrons. The fourth-order valence-electron chi connectivity index (χ4n) is 1.36. The Balaban J connectivity index is 1.85. The lowest BCUT2D eigenvalue weighted by molar-refractivity contribution is -0.121. The summed E-state index contributed by atoms with van der Waals surface area (Å²) in [5, 5.41) is 7.97. The number of nitrogens with one attached hydrogen (secondary N) is 1. The highest BCUT2D eigenvalue weighted by molar-refractivity contribution is 9.09. The summed E-state index contributed by atoms with van der Waals surface area (Å²) >= 11 is 5.06. The molecule has 4 heteroatoms. The predicted octanol–water partition coefficient (Wildman–Crippen LogP) is 2.33. The Morgan fingerprint density at radius 1 is 1.64 bits per heavy atom. The quantitative estimate of drug-likeness (QED) is 0.839. The number of halogens is 1. The van der Waals surface area contributed by atoms with Gasteiger partial charge in [0.15, 0.2) is 0 Å². The van der Waals surface area contributed by atoms with Gasteiger partial charge in [0.05, 0.1) is 6.42 Å². The smallest absolute Gasteiger partial charge is 0.224 e. The second-order valence-electron chi connectivity index (χ2n) is 3.77. The molecule has 1 heterocycles. The van der Waals surface area contributed by atoms with Crippen LogP contribution in [0.2, 0.25) is 0 Å². The average Bonchev–Trinajstić information content (AvgIpc) is 2.74. The maximum atomic E-state index is 11.6. The van der Waals surface area contributed by atoms with Crippen molar-refractivity contribution in [3.8, 4) is 0 Å². The van der Waals surface area contributed by atoms with Gasteiger partial charge in [-0.15, -0.1) is 0 Å². The molecule has 1 amide bonds. The Kier molecular flexibility index (Phi) is 2.93. The molecule has 1 N–H and O–H groups in total. The molecule has 0 bridgehead atoms. The van der Waals surface area contributed by atoms with Crippen LogP contribution in [0.3, 0.4) is 0 Å². The molecule has 0 saturated heterocycles. The molecule has 2 nitrogen and oxygen atoms in total. The van der Waals surface area contributed by atoms with E-state index in [1.807, 2.05) is 16.8 Å². The van der Waals surface area contributed by atoms with Crippen LogP contribution in [-0.2, 0) is 11.2 Å². The van der Waals surface area contributed by atoms with E-state index in [9.17, 15) is 4.79 Å². The van der Waals surface area contributed by atoms with Gasteiger partial charge in [0.25, 0.3) is 0 Å². The van der Waals surface area contributed by atoms with Crippen molar-refractivity contribution in [2.45, 2.75) is 24.8 Å². The van der Waals surface area contributed by atoms with Gasteiger partial charge >= 0.3 is 0 Å². The highest BCUT2D eigenvalue weighted by atomic mass is 79.9. The van der Waals surface area contributed by atoms with Gasteiger partial charge in [-0.05, 0) is 35.2 Å². The van der Waals surface area contributed by atoms with Gasteiger partial charge in [0, 0.05) is 10.9 Å². The summed E-state index contributed by atoms with van der Waals surface area (Å²) in [7, 11) is 0. The van der Waals surface area contributed by atoms with Gasteiger partial charge in [-0.25, -0.2) is 0 Å². The first-order valence-corrected chi connectivity index (χ1v) is 6.69. The van der Waals surface area contributed by atoms with Crippen LogP contribution in [0.4, 0.5) is 0 Å². The molecule has 1 aromatic rings. The standard InChI is InChI=1S/C10H12BrNOS/c11-7-10(2-3-10)12-9(13)5-8-1-4-14-6-8/h1,4,6H,2-3,5,7H2,(H,12,13). The molecule has 0 unspecified atom stereocenters. The summed E-state index contributed by atoms with van der Waals surface area (Å²) in [4.78, 5) is 11.6. The first kappa shape index (κ1) is 10.2. The van der Waals surface area contributed by atoms with Gasteiger partial charge in [0.2, 0.25) is 5.91 Å². The molecule has 1 aliphatic carbocycles. The Hall–Kier alpha value is -0.350. The summed E-state index contributed by atoms with van der Waals surface area (Å²) in [6, 6.07) is 2.00. The van der Waals surface area contributed by atoms with E-state index in [4.69, 9.17) is 0 Å². The topological polar surface area (TPSA) is 29.1 Å². The molecule has 1 aromatic heterocycles. The SMILES string of the molecule is O=C(Cc1ccsc1)NC1(CBr)CC1. The Labute approximate surface area is 95.8 Å². The molecular formula is C10H12BrNOS. The van der Waals surface area contributed by atoms with E-state index in [0.717, 1.165) is 23.7 Å². The second-order valence-corrected chi connectivity index (χ2v) is 5.11. The van der Waals surface area contributed by atoms with E-state index in [1.165, 1.54) is 0 Å². The minimum Gasteiger partial charge on any atom is -0.350 e. The first-order valence-electron chi connectivity index (χ1n) is 4.62. The van der Waals surface area contributed by atoms with E-state index in [-0.39, 0.29) is 11.4 Å². The minimum atomic E-state index is 0.0765. The molecule has 14 heavy (non-hydrogen) atoms. The van der Waals surface area contributed by atoms with Crippen LogP contribution >= 0.6 is 27.3 Å². The summed E-state index contributed by atoms with van der Waals surface area (Å²) < 4.78 is 0. The van der Waals surface area contributed by atoms with E-state index < -0.39 is 0 Å². The molecule has 1 aliphatic rings. The molecule has 0 spiro atoms. The van der Waals surface area contributed by atoms with Gasteiger partial charge in [-0.2, -0.15) is 11.3 Å². The maximum Gasteiger partial charge on any atom is 0.224 e. The van der Waals surface area contributed by atoms with Gasteiger partial charge in [0.1, 0.15) is 0 Å². The van der Waals surface area contributed by atoms with Crippen molar-refractivity contribution in [3.63, 3.8) is 0 Å². The number of alkyl halides is 1. The third kappa shape index (κ3) is 2.36. The number of hydrogen-bond donors (Lipinski definition) is 1. The Morgan fingerprint density at radius 2 is 2.43 bits per heavy atom. The highest BCUT2D eigenvalue weighted by Crippen LogP contribution is 2.36. The predicted molar refractivity (Wildman–Crippen MR) is 61.9 cm³/mol. The van der Waals surface area contributed by atoms with E-state index >= 15 is 0 Å². The maximum absolute atomic E-state index is 11.6. The van der Waals surface area contributed by atoms with Crippen LogP contribution in [0.25, 0.3) is 0 Å². The summed E-state index contributed by atoms with van der Waals surface area (Å²) in [5.74, 6) is 0.139. The van der Waals surface area contributed by atoms with Crippen molar-refractivity contribution < 1.29 is 4.79 Å². The molecular weight excluding hydrogens is 262 g/mol. The third-order valence-corrected chi connectivity index (χ3v) is 4.26. The molecule has 0 aromatic carbocycles. The lowest BCUT2D eigenvalue weighted by Gasteiger charge is -2.13. The van der Waals surface area contributed by atoms with Crippen molar-refractivity contribution in [2.75, 3.05) is 5.33 Å². The van der Waals surface area contributed by atoms with Gasteiger partial charge in [-0.3, -0.25) is 4.79 Å². The van der Waals surface area contributed by atoms with Crippen molar-refractivity contribution >= 4 is 33.2 Å². The van der Waals surface area contributed by atoms with Crippen molar-refractivity contribution in [2.24, 2.45) is 0 Å². The number of thiophene rings is 1. The van der Waals surface area contributed by atoms with Gasteiger partial charge in [-0.1, -0.05) is 15.9 Å². The van der Waals surface area contributed by atoms with Crippen LogP contribution in [0, 0.1) is 0 Å². The molecule has 1 fully saturated rings. The van der Waals surface area contributed by atoms with Crippen LogP contribution in [-0.4, -0.2) is 16.8 Å². The fraction of sp³-hybridized carbons (Fsp3) is 0.500. The zero-order valence-electron chi connectivity index (χ0n) is 7.75. The van der Waals surface area contributed by atoms with E-state index in [1.54, 1.807) is 11.3 Å². The lowest BCUT2D eigenvalue weighted by Crippen LogP contribution is -2.38. The third-order valence-electron chi connectivity index (χ3n) is 2.46. The Bertz CT molecular complexity index is 319. The number of amides is 1. The zero-order chi connectivity index (χ0) is 10.0. The van der Waals surface area contributed by atoms with Gasteiger partial charge < -0.3 is 5.32 Å². The van der Waals surface area contributed by atoms with Crippen LogP contribution in [0.1, 0.15) is 18.4 Å². The first-order chi connectivity index (χ1) is 6.74. The lowest BCUT2D eigenvalue weighted by atomic mass is 10.2. The molecule has 2 rings (SSSR count). The van der Waals surface area contributed by atoms with Crippen molar-refractivity contribution in [3.05, 3.63) is 22.4 Å². The number of carbonyl (C=O) groups excluding carboxylic acids is 1. The number of rotatable bonds is 4. The molecule has 0 atom stereocenters. The van der Waals surface area contributed by atoms with E-state index in [0.29, 0.717) is 6.42 Å². The number of hydrogen-bond acceptors (Lipinski definition) is 2. The minimum absolute atomic E-state index is 0.0765. The monoisotopic (exact) mass is 273 g/mol. The molecule has 0 aliphatic heterocycles. The summed E-state index contributed by atoms with van der Waals surface area (Å²) in [5.41, 5.74) is 1.19. The van der Waals surface area contributed by atoms with Crippen molar-refractivity contribution in [1.29, 1.82) is 0 Å². The molecule has 1 saturated carbocycles. The molecule has 0 radical (unpaired) electrons. The van der Waals surface area contributed by atoms with Crippen LogP contribution < -0.4 is 5.32 Å². The second kappa shape index (κ2) is 4.03. The highest BCUT2D eigenvalue weighted by Gasteiger charge is 2.42. The Morgan fingerprint density at radius 3 is 2.93 bits per heavy atom. The fourth-order valence-corrected chi connectivity index (χ4v) is 2.73. The average molecular weight is 274 g/mol. The van der Waals surface area contributed by atoms with Crippen molar-refractivity contribution in [1.82, 2.24) is 5.32 Å². The van der Waals surface area contributed by atoms with Crippen LogP contribution in [0.15, 0.2) is 16.8 Å². The van der Waals surface area contributed by atoms with Crippen LogP contribution in [0.5, 0.6) is 0 Å². The zero-order valence-corrected chi connectivity index (χ0v) is 10.2.